The standard InChI is InChI=1S/C8H16N4OS/c9-12-8(14)10-5-1-2-7(13)11-6-3-4-6/h6H,1-5,9H2,(H,11,13)(H2,10,12,14). The van der Waals surface area contributed by atoms with Crippen LogP contribution in [0.15, 0.2) is 0 Å². The second-order valence-electron chi connectivity index (χ2n) is 3.35. The Labute approximate surface area is 88.8 Å². The molecule has 5 nitrogen and oxygen atoms in total. The predicted molar refractivity (Wildman–Crippen MR) is 58.3 cm³/mol. The number of nitrogens with one attached hydrogen (secondary N) is 3. The fourth-order valence-corrected chi connectivity index (χ4v) is 1.13. The minimum absolute atomic E-state index is 0.126. The third-order valence-corrected chi connectivity index (χ3v) is 2.20. The van der Waals surface area contributed by atoms with Crippen LogP contribution in [0.2, 0.25) is 0 Å². The number of rotatable bonds is 5. The topological polar surface area (TPSA) is 79.2 Å². The molecule has 0 radical (unpaired) electrons. The molecule has 0 heterocycles. The normalized spacial score (nSPS) is 14.6. The van der Waals surface area contributed by atoms with Gasteiger partial charge in [-0.05, 0) is 31.5 Å². The van der Waals surface area contributed by atoms with Crippen LogP contribution in [0.25, 0.3) is 0 Å². The minimum Gasteiger partial charge on any atom is -0.362 e. The average Bonchev–Trinajstić information content (AvgIpc) is 2.95. The third-order valence-electron chi connectivity index (χ3n) is 1.94. The lowest BCUT2D eigenvalue weighted by Crippen LogP contribution is -2.40. The van der Waals surface area contributed by atoms with E-state index < -0.39 is 0 Å². The van der Waals surface area contributed by atoms with Crippen LogP contribution in [0, 0.1) is 0 Å². The zero-order valence-corrected chi connectivity index (χ0v) is 8.82. The minimum atomic E-state index is 0.126. The monoisotopic (exact) mass is 216 g/mol. The van der Waals surface area contributed by atoms with Crippen LogP contribution in [-0.4, -0.2) is 23.6 Å². The molecule has 0 spiro atoms. The summed E-state index contributed by atoms with van der Waals surface area (Å²) in [6.45, 7) is 0.668. The Morgan fingerprint density at radius 2 is 2.21 bits per heavy atom. The molecule has 1 aliphatic carbocycles. The Morgan fingerprint density at radius 3 is 2.79 bits per heavy atom. The Morgan fingerprint density at radius 1 is 1.50 bits per heavy atom. The lowest BCUT2D eigenvalue weighted by atomic mass is 10.3. The van der Waals surface area contributed by atoms with Gasteiger partial charge in [0.15, 0.2) is 5.11 Å². The van der Waals surface area contributed by atoms with Crippen LogP contribution >= 0.6 is 12.2 Å². The van der Waals surface area contributed by atoms with Crippen molar-refractivity contribution >= 4 is 23.2 Å². The molecule has 1 aliphatic rings. The van der Waals surface area contributed by atoms with E-state index in [1.54, 1.807) is 0 Å². The van der Waals surface area contributed by atoms with Crippen molar-refractivity contribution in [2.24, 2.45) is 5.84 Å². The molecule has 0 atom stereocenters. The number of hydrazine groups is 1. The zero-order valence-electron chi connectivity index (χ0n) is 8.01. The molecule has 0 aliphatic heterocycles. The Kier molecular flexibility index (Phi) is 4.61. The quantitative estimate of drug-likeness (QED) is 0.213. The van der Waals surface area contributed by atoms with Gasteiger partial charge in [0, 0.05) is 19.0 Å². The Bertz CT molecular complexity index is 217. The third kappa shape index (κ3) is 4.98. The fraction of sp³-hybridized carbons (Fsp3) is 0.750. The molecule has 1 amide bonds. The summed E-state index contributed by atoms with van der Waals surface area (Å²) in [5.74, 6) is 5.18. The maximum atomic E-state index is 11.2. The molecule has 14 heavy (non-hydrogen) atoms. The van der Waals surface area contributed by atoms with Gasteiger partial charge in [0.05, 0.1) is 0 Å². The van der Waals surface area contributed by atoms with E-state index in [0.717, 1.165) is 19.3 Å². The van der Waals surface area contributed by atoms with E-state index in [1.165, 1.54) is 0 Å². The number of amides is 1. The predicted octanol–water partition coefficient (Wildman–Crippen LogP) is -0.617. The van der Waals surface area contributed by atoms with E-state index in [9.17, 15) is 4.79 Å². The van der Waals surface area contributed by atoms with E-state index in [1.807, 2.05) is 0 Å². The number of thiocarbonyl (C=S) groups is 1. The first-order valence-electron chi connectivity index (χ1n) is 4.76. The number of carbonyl (C=O) groups excluding carboxylic acids is 1. The van der Waals surface area contributed by atoms with Crippen molar-refractivity contribution in [3.8, 4) is 0 Å². The van der Waals surface area contributed by atoms with E-state index >= 15 is 0 Å². The first-order valence-corrected chi connectivity index (χ1v) is 5.17. The molecular formula is C8H16N4OS. The van der Waals surface area contributed by atoms with Crippen molar-refractivity contribution in [1.82, 2.24) is 16.1 Å². The Hall–Kier alpha value is -0.880. The molecule has 1 fully saturated rings. The largest absolute Gasteiger partial charge is 0.362 e. The lowest BCUT2D eigenvalue weighted by Gasteiger charge is -2.06. The maximum Gasteiger partial charge on any atom is 0.220 e. The summed E-state index contributed by atoms with van der Waals surface area (Å²) in [6.07, 6.45) is 3.56. The number of carbonyl (C=O) groups is 1. The summed E-state index contributed by atoms with van der Waals surface area (Å²) in [5.41, 5.74) is 2.32. The summed E-state index contributed by atoms with van der Waals surface area (Å²) in [6, 6.07) is 0.447. The van der Waals surface area contributed by atoms with Crippen LogP contribution in [-0.2, 0) is 4.79 Å². The summed E-state index contributed by atoms with van der Waals surface area (Å²) in [4.78, 5) is 11.2. The highest BCUT2D eigenvalue weighted by Gasteiger charge is 2.22. The second-order valence-corrected chi connectivity index (χ2v) is 3.75. The van der Waals surface area contributed by atoms with Gasteiger partial charge in [-0.3, -0.25) is 4.79 Å². The van der Waals surface area contributed by atoms with Crippen LogP contribution in [0.1, 0.15) is 25.7 Å². The molecule has 0 unspecified atom stereocenters. The summed E-state index contributed by atoms with van der Waals surface area (Å²) in [7, 11) is 0. The SMILES string of the molecule is NNC(=S)NCCCC(=O)NC1CC1. The van der Waals surface area contributed by atoms with Crippen molar-refractivity contribution in [1.29, 1.82) is 0 Å². The highest BCUT2D eigenvalue weighted by Crippen LogP contribution is 2.18. The molecular weight excluding hydrogens is 200 g/mol. The molecule has 0 aromatic rings. The molecule has 0 aromatic heterocycles. The lowest BCUT2D eigenvalue weighted by molar-refractivity contribution is -0.121. The second kappa shape index (κ2) is 5.77. The van der Waals surface area contributed by atoms with Crippen molar-refractivity contribution in [2.45, 2.75) is 31.7 Å². The van der Waals surface area contributed by atoms with Crippen LogP contribution in [0.3, 0.4) is 0 Å². The number of hydrogen-bond acceptors (Lipinski definition) is 3. The molecule has 1 rings (SSSR count). The zero-order chi connectivity index (χ0) is 10.4. The molecule has 0 aromatic carbocycles. The molecule has 0 saturated heterocycles. The van der Waals surface area contributed by atoms with E-state index in [-0.39, 0.29) is 5.91 Å². The van der Waals surface area contributed by atoms with E-state index in [2.05, 4.69) is 16.1 Å². The van der Waals surface area contributed by atoms with Gasteiger partial charge in [0.2, 0.25) is 5.91 Å². The van der Waals surface area contributed by atoms with Crippen molar-refractivity contribution in [3.05, 3.63) is 0 Å². The number of nitrogens with two attached hydrogens (primary N) is 1. The smallest absolute Gasteiger partial charge is 0.220 e. The van der Waals surface area contributed by atoms with Gasteiger partial charge >= 0.3 is 0 Å². The first-order chi connectivity index (χ1) is 6.72. The van der Waals surface area contributed by atoms with Gasteiger partial charge < -0.3 is 16.1 Å². The summed E-state index contributed by atoms with van der Waals surface area (Å²) in [5, 5.41) is 6.20. The molecule has 80 valence electrons. The highest BCUT2D eigenvalue weighted by molar-refractivity contribution is 7.80. The van der Waals surface area contributed by atoms with Gasteiger partial charge in [-0.15, -0.1) is 0 Å². The van der Waals surface area contributed by atoms with Crippen molar-refractivity contribution in [2.75, 3.05) is 6.54 Å². The summed E-state index contributed by atoms with van der Waals surface area (Å²) < 4.78 is 0. The fourth-order valence-electron chi connectivity index (χ4n) is 1.03. The number of hydrogen-bond donors (Lipinski definition) is 4. The van der Waals surface area contributed by atoms with Gasteiger partial charge in [0.25, 0.3) is 0 Å². The highest BCUT2D eigenvalue weighted by atomic mass is 32.1. The van der Waals surface area contributed by atoms with Crippen LogP contribution in [0.5, 0.6) is 0 Å². The Balaban J connectivity index is 1.91. The molecule has 1 saturated carbocycles. The molecule has 0 bridgehead atoms. The van der Waals surface area contributed by atoms with Gasteiger partial charge in [-0.1, -0.05) is 0 Å². The average molecular weight is 216 g/mol. The van der Waals surface area contributed by atoms with Gasteiger partial charge in [0.1, 0.15) is 0 Å². The van der Waals surface area contributed by atoms with Crippen molar-refractivity contribution < 1.29 is 4.79 Å². The molecule has 5 N–H and O–H groups in total. The first kappa shape index (κ1) is 11.2. The van der Waals surface area contributed by atoms with Gasteiger partial charge in [-0.2, -0.15) is 0 Å². The maximum absolute atomic E-state index is 11.2. The van der Waals surface area contributed by atoms with Crippen molar-refractivity contribution in [3.63, 3.8) is 0 Å². The molecule has 6 heteroatoms. The summed E-state index contributed by atoms with van der Waals surface area (Å²) >= 11 is 4.77. The van der Waals surface area contributed by atoms with E-state index in [4.69, 9.17) is 18.1 Å². The van der Waals surface area contributed by atoms with E-state index in [0.29, 0.717) is 24.1 Å². The van der Waals surface area contributed by atoms with Crippen LogP contribution in [0.4, 0.5) is 0 Å². The van der Waals surface area contributed by atoms with Gasteiger partial charge in [-0.25, -0.2) is 5.84 Å². The van der Waals surface area contributed by atoms with Crippen LogP contribution < -0.4 is 21.9 Å².